The number of urea groups is 1. The first-order valence-electron chi connectivity index (χ1n) is 7.92. The van der Waals surface area contributed by atoms with Crippen LogP contribution in [0.15, 0.2) is 42.7 Å². The molecule has 2 heterocycles. The summed E-state index contributed by atoms with van der Waals surface area (Å²) in [5, 5.41) is 2.90. The third-order valence-electron chi connectivity index (χ3n) is 4.22. The van der Waals surface area contributed by atoms with Gasteiger partial charge in [-0.25, -0.2) is 4.79 Å². The zero-order valence-electron chi connectivity index (χ0n) is 13.9. The molecule has 1 atom stereocenters. The number of hydrogen-bond donors (Lipinski definition) is 1. The van der Waals surface area contributed by atoms with Gasteiger partial charge in [0, 0.05) is 18.3 Å². The van der Waals surface area contributed by atoms with Crippen molar-refractivity contribution in [1.29, 1.82) is 0 Å². The van der Waals surface area contributed by atoms with Crippen molar-refractivity contribution in [3.63, 3.8) is 0 Å². The topological polar surface area (TPSA) is 63.7 Å². The Morgan fingerprint density at radius 1 is 1.29 bits per heavy atom. The fraction of sp³-hybridized carbons (Fsp3) is 0.333. The number of carbonyl (C=O) groups is 1. The van der Waals surface area contributed by atoms with Gasteiger partial charge in [0.1, 0.15) is 11.5 Å². The van der Waals surface area contributed by atoms with Crippen LogP contribution in [0.4, 0.5) is 10.5 Å². The van der Waals surface area contributed by atoms with Gasteiger partial charge in [-0.3, -0.25) is 4.98 Å². The third kappa shape index (κ3) is 3.27. The number of nitrogens with zero attached hydrogens (tertiary/aromatic N) is 2. The van der Waals surface area contributed by atoms with Crippen molar-refractivity contribution in [3.05, 3.63) is 48.3 Å². The van der Waals surface area contributed by atoms with E-state index in [4.69, 9.17) is 9.47 Å². The molecule has 0 spiro atoms. The zero-order valence-corrected chi connectivity index (χ0v) is 13.9. The molecule has 1 saturated heterocycles. The number of anilines is 1. The summed E-state index contributed by atoms with van der Waals surface area (Å²) in [6, 6.07) is 9.13. The summed E-state index contributed by atoms with van der Waals surface area (Å²) >= 11 is 0. The van der Waals surface area contributed by atoms with Gasteiger partial charge in [-0.1, -0.05) is 0 Å². The molecule has 1 aliphatic heterocycles. The molecule has 0 bridgehead atoms. The standard InChI is InChI=1S/C18H21N3O3/c1-23-14-7-8-17(24-2)15(11-14)16-6-4-10-21(16)18(22)20-13-5-3-9-19-12-13/h3,5,7-9,11-12,16H,4,6,10H2,1-2H3,(H,20,22). The minimum Gasteiger partial charge on any atom is -0.497 e. The van der Waals surface area contributed by atoms with Gasteiger partial charge in [0.15, 0.2) is 0 Å². The minimum absolute atomic E-state index is 0.0354. The maximum Gasteiger partial charge on any atom is 0.322 e. The highest BCUT2D eigenvalue weighted by Gasteiger charge is 2.32. The quantitative estimate of drug-likeness (QED) is 0.934. The number of ether oxygens (including phenoxy) is 2. The van der Waals surface area contributed by atoms with E-state index in [1.807, 2.05) is 29.2 Å². The lowest BCUT2D eigenvalue weighted by molar-refractivity contribution is 0.206. The van der Waals surface area contributed by atoms with Gasteiger partial charge in [0.25, 0.3) is 0 Å². The fourth-order valence-corrected chi connectivity index (χ4v) is 3.06. The Kier molecular flexibility index (Phi) is 4.84. The summed E-state index contributed by atoms with van der Waals surface area (Å²) in [5.74, 6) is 1.52. The number of amides is 2. The Morgan fingerprint density at radius 3 is 2.88 bits per heavy atom. The molecule has 0 saturated carbocycles. The number of pyridine rings is 1. The molecule has 1 unspecified atom stereocenters. The second-order valence-electron chi connectivity index (χ2n) is 5.63. The maximum absolute atomic E-state index is 12.7. The number of benzene rings is 1. The maximum atomic E-state index is 12.7. The van der Waals surface area contributed by atoms with Crippen LogP contribution in [0.1, 0.15) is 24.4 Å². The van der Waals surface area contributed by atoms with Crippen molar-refractivity contribution in [2.45, 2.75) is 18.9 Å². The zero-order chi connectivity index (χ0) is 16.9. The molecule has 1 fully saturated rings. The molecular formula is C18H21N3O3. The molecule has 6 nitrogen and oxygen atoms in total. The van der Waals surface area contributed by atoms with E-state index in [0.29, 0.717) is 12.2 Å². The largest absolute Gasteiger partial charge is 0.497 e. The van der Waals surface area contributed by atoms with Crippen molar-refractivity contribution in [2.75, 3.05) is 26.1 Å². The number of likely N-dealkylation sites (tertiary alicyclic amines) is 1. The van der Waals surface area contributed by atoms with Crippen LogP contribution in [0.3, 0.4) is 0 Å². The van der Waals surface area contributed by atoms with Crippen LogP contribution in [0.2, 0.25) is 0 Å². The Hall–Kier alpha value is -2.76. The highest BCUT2D eigenvalue weighted by atomic mass is 16.5. The average molecular weight is 327 g/mol. The second kappa shape index (κ2) is 7.21. The molecule has 0 radical (unpaired) electrons. The number of carbonyl (C=O) groups excluding carboxylic acids is 1. The molecule has 24 heavy (non-hydrogen) atoms. The highest BCUT2D eigenvalue weighted by molar-refractivity contribution is 5.89. The number of aromatic nitrogens is 1. The third-order valence-corrected chi connectivity index (χ3v) is 4.22. The van der Waals surface area contributed by atoms with Crippen LogP contribution in [-0.2, 0) is 0 Å². The Morgan fingerprint density at radius 2 is 2.17 bits per heavy atom. The molecule has 6 heteroatoms. The lowest BCUT2D eigenvalue weighted by Gasteiger charge is -2.26. The predicted molar refractivity (Wildman–Crippen MR) is 91.5 cm³/mol. The van der Waals surface area contributed by atoms with E-state index in [1.54, 1.807) is 32.7 Å². The van der Waals surface area contributed by atoms with E-state index in [1.165, 1.54) is 0 Å². The summed E-state index contributed by atoms with van der Waals surface area (Å²) in [5.41, 5.74) is 1.65. The average Bonchev–Trinajstić information content (AvgIpc) is 3.11. The lowest BCUT2D eigenvalue weighted by Crippen LogP contribution is -2.34. The van der Waals surface area contributed by atoms with Crippen LogP contribution in [0.5, 0.6) is 11.5 Å². The second-order valence-corrected chi connectivity index (χ2v) is 5.63. The molecule has 126 valence electrons. The fourth-order valence-electron chi connectivity index (χ4n) is 3.06. The van der Waals surface area contributed by atoms with Gasteiger partial charge in [0.05, 0.1) is 32.1 Å². The summed E-state index contributed by atoms with van der Waals surface area (Å²) in [7, 11) is 3.27. The molecule has 1 aliphatic rings. The monoisotopic (exact) mass is 327 g/mol. The lowest BCUT2D eigenvalue weighted by atomic mass is 10.0. The molecule has 3 rings (SSSR count). The molecule has 1 aromatic heterocycles. The van der Waals surface area contributed by atoms with Crippen molar-refractivity contribution >= 4 is 11.7 Å². The summed E-state index contributed by atoms with van der Waals surface area (Å²) in [6.45, 7) is 0.705. The smallest absolute Gasteiger partial charge is 0.322 e. The van der Waals surface area contributed by atoms with E-state index >= 15 is 0 Å². The predicted octanol–water partition coefficient (Wildman–Crippen LogP) is 3.47. The van der Waals surface area contributed by atoms with E-state index < -0.39 is 0 Å². The minimum atomic E-state index is -0.129. The van der Waals surface area contributed by atoms with Crippen LogP contribution < -0.4 is 14.8 Å². The van der Waals surface area contributed by atoms with Gasteiger partial charge in [0.2, 0.25) is 0 Å². The van der Waals surface area contributed by atoms with Gasteiger partial charge in [-0.2, -0.15) is 0 Å². The molecule has 1 aromatic carbocycles. The Labute approximate surface area is 141 Å². The van der Waals surface area contributed by atoms with Gasteiger partial charge < -0.3 is 19.7 Å². The van der Waals surface area contributed by atoms with E-state index in [-0.39, 0.29) is 12.1 Å². The van der Waals surface area contributed by atoms with Gasteiger partial charge >= 0.3 is 6.03 Å². The Balaban J connectivity index is 1.84. The van der Waals surface area contributed by atoms with E-state index in [9.17, 15) is 4.79 Å². The Bertz CT molecular complexity index is 706. The number of methoxy groups -OCH3 is 2. The van der Waals surface area contributed by atoms with Gasteiger partial charge in [-0.05, 0) is 43.2 Å². The van der Waals surface area contributed by atoms with Crippen molar-refractivity contribution in [1.82, 2.24) is 9.88 Å². The first-order chi connectivity index (χ1) is 11.7. The number of nitrogens with one attached hydrogen (secondary N) is 1. The normalized spacial score (nSPS) is 16.8. The molecule has 2 aromatic rings. The summed E-state index contributed by atoms with van der Waals surface area (Å²) < 4.78 is 10.8. The number of rotatable bonds is 4. The van der Waals surface area contributed by atoms with Crippen molar-refractivity contribution < 1.29 is 14.3 Å². The first kappa shape index (κ1) is 16.1. The van der Waals surface area contributed by atoms with Gasteiger partial charge in [-0.15, -0.1) is 0 Å². The number of hydrogen-bond acceptors (Lipinski definition) is 4. The van der Waals surface area contributed by atoms with E-state index in [2.05, 4.69) is 10.3 Å². The summed E-state index contributed by atoms with van der Waals surface area (Å²) in [6.07, 6.45) is 5.15. The van der Waals surface area contributed by atoms with Crippen LogP contribution in [-0.4, -0.2) is 36.7 Å². The van der Waals surface area contributed by atoms with Crippen LogP contribution in [0.25, 0.3) is 0 Å². The molecule has 2 amide bonds. The highest BCUT2D eigenvalue weighted by Crippen LogP contribution is 2.39. The molecule has 0 aliphatic carbocycles. The molecular weight excluding hydrogens is 306 g/mol. The van der Waals surface area contributed by atoms with Crippen LogP contribution in [0, 0.1) is 0 Å². The van der Waals surface area contributed by atoms with Crippen molar-refractivity contribution in [2.24, 2.45) is 0 Å². The molecule has 1 N–H and O–H groups in total. The van der Waals surface area contributed by atoms with E-state index in [0.717, 1.165) is 29.9 Å². The van der Waals surface area contributed by atoms with Crippen LogP contribution >= 0.6 is 0 Å². The SMILES string of the molecule is COc1ccc(OC)c(C2CCCN2C(=O)Nc2cccnc2)c1. The summed E-state index contributed by atoms with van der Waals surface area (Å²) in [4.78, 5) is 18.5. The first-order valence-corrected chi connectivity index (χ1v) is 7.92. The van der Waals surface area contributed by atoms with Crippen molar-refractivity contribution in [3.8, 4) is 11.5 Å².